The first-order valence-electron chi connectivity index (χ1n) is 10.3. The monoisotopic (exact) mass is 515 g/mol. The lowest BCUT2D eigenvalue weighted by molar-refractivity contribution is 0.0992. The summed E-state index contributed by atoms with van der Waals surface area (Å²) in [6.07, 6.45) is 4.12. The molecule has 1 amide bonds. The first kappa shape index (κ1) is 24.0. The van der Waals surface area contributed by atoms with Crippen LogP contribution in [0.15, 0.2) is 77.9 Å². The highest BCUT2D eigenvalue weighted by atomic mass is 35.5. The second-order valence-electron chi connectivity index (χ2n) is 7.38. The Morgan fingerprint density at radius 3 is 2.71 bits per heavy atom. The minimum Gasteiger partial charge on any atom is -0.485 e. The molecule has 0 unspecified atom stereocenters. The largest absolute Gasteiger partial charge is 0.485 e. The third-order valence-electron chi connectivity index (χ3n) is 4.87. The number of halogens is 3. The van der Waals surface area contributed by atoms with Gasteiger partial charge < -0.3 is 14.5 Å². The minimum absolute atomic E-state index is 0.119. The van der Waals surface area contributed by atoms with E-state index in [1.54, 1.807) is 35.1 Å². The van der Waals surface area contributed by atoms with Gasteiger partial charge in [0.15, 0.2) is 11.6 Å². The molecule has 6 nitrogen and oxygen atoms in total. The molecule has 0 atom stereocenters. The minimum atomic E-state index is -0.472. The molecule has 0 spiro atoms. The van der Waals surface area contributed by atoms with E-state index in [0.717, 1.165) is 16.9 Å². The molecule has 2 aromatic carbocycles. The number of carbonyl (C=O) groups is 1. The topological polar surface area (TPSA) is 69.3 Å². The van der Waals surface area contributed by atoms with E-state index in [-0.39, 0.29) is 18.2 Å². The summed E-state index contributed by atoms with van der Waals surface area (Å²) in [7, 11) is 0. The fourth-order valence-electron chi connectivity index (χ4n) is 3.25. The lowest BCUT2D eigenvalue weighted by atomic mass is 10.1. The third-order valence-corrected chi connectivity index (χ3v) is 5.89. The van der Waals surface area contributed by atoms with Crippen molar-refractivity contribution in [2.75, 3.05) is 5.32 Å². The van der Waals surface area contributed by atoms with Crippen molar-refractivity contribution in [1.29, 1.82) is 0 Å². The van der Waals surface area contributed by atoms with Crippen LogP contribution in [-0.2, 0) is 19.6 Å². The maximum atomic E-state index is 12.6. The zero-order chi connectivity index (χ0) is 24.1. The molecule has 9 heteroatoms. The van der Waals surface area contributed by atoms with E-state index < -0.39 is 5.91 Å². The van der Waals surface area contributed by atoms with Gasteiger partial charge in [-0.1, -0.05) is 65.1 Å². The Balaban J connectivity index is 1.38. The Bertz CT molecular complexity index is 1330. The highest BCUT2D eigenvalue weighted by molar-refractivity contribution is 6.42. The number of hydrogen-bond donors (Lipinski definition) is 1. The van der Waals surface area contributed by atoms with E-state index in [1.807, 2.05) is 36.4 Å². The van der Waals surface area contributed by atoms with E-state index in [0.29, 0.717) is 33.8 Å². The lowest BCUT2D eigenvalue weighted by Gasteiger charge is -2.08. The summed E-state index contributed by atoms with van der Waals surface area (Å²) in [6.45, 7) is 4.35. The van der Waals surface area contributed by atoms with Crippen LogP contribution in [0.4, 0.5) is 5.82 Å². The molecular formula is C25H20Cl3N3O3. The maximum absolute atomic E-state index is 12.6. The Morgan fingerprint density at radius 1 is 1.09 bits per heavy atom. The van der Waals surface area contributed by atoms with Crippen molar-refractivity contribution in [3.8, 4) is 5.75 Å². The van der Waals surface area contributed by atoms with E-state index in [2.05, 4.69) is 17.0 Å². The highest BCUT2D eigenvalue weighted by Crippen LogP contribution is 2.25. The van der Waals surface area contributed by atoms with E-state index in [4.69, 9.17) is 44.0 Å². The number of nitrogens with one attached hydrogen (secondary N) is 1. The standard InChI is InChI=1S/C25H20Cl3N3O3/c1-2-5-17-6-3-4-7-22(17)33-15-18-9-11-23(34-18)25(32)29-24-21(28)14-31(30-24)13-16-8-10-19(26)20(27)12-16/h2-4,6-12,14H,1,5,13,15H2,(H,29,30,32). The van der Waals surface area contributed by atoms with Crippen molar-refractivity contribution >= 4 is 46.5 Å². The third kappa shape index (κ3) is 5.83. The molecule has 0 fully saturated rings. The average molecular weight is 517 g/mol. The first-order chi connectivity index (χ1) is 16.4. The number of furan rings is 1. The number of aromatic nitrogens is 2. The molecule has 4 aromatic rings. The second kappa shape index (κ2) is 10.8. The number of nitrogens with zero attached hydrogens (tertiary/aromatic N) is 2. The van der Waals surface area contributed by atoms with Crippen LogP contribution in [0.3, 0.4) is 0 Å². The number of rotatable bonds is 9. The van der Waals surface area contributed by atoms with Gasteiger partial charge in [0.25, 0.3) is 5.91 Å². The fourth-order valence-corrected chi connectivity index (χ4v) is 3.77. The summed E-state index contributed by atoms with van der Waals surface area (Å²) in [5, 5.41) is 8.22. The van der Waals surface area contributed by atoms with Crippen LogP contribution in [-0.4, -0.2) is 15.7 Å². The number of amides is 1. The lowest BCUT2D eigenvalue weighted by Crippen LogP contribution is -2.12. The Morgan fingerprint density at radius 2 is 1.91 bits per heavy atom. The summed E-state index contributed by atoms with van der Waals surface area (Å²) in [5.41, 5.74) is 1.91. The van der Waals surface area contributed by atoms with E-state index >= 15 is 0 Å². The van der Waals surface area contributed by atoms with Crippen LogP contribution in [0.5, 0.6) is 5.75 Å². The van der Waals surface area contributed by atoms with Crippen molar-refractivity contribution in [3.05, 3.63) is 111 Å². The number of anilines is 1. The molecule has 0 saturated heterocycles. The predicted octanol–water partition coefficient (Wildman–Crippen LogP) is 7.04. The smallest absolute Gasteiger partial charge is 0.292 e. The number of ether oxygens (including phenoxy) is 1. The first-order valence-corrected chi connectivity index (χ1v) is 11.4. The molecule has 0 radical (unpaired) electrons. The predicted molar refractivity (Wildman–Crippen MR) is 134 cm³/mol. The summed E-state index contributed by atoms with van der Waals surface area (Å²) >= 11 is 18.3. The van der Waals surface area contributed by atoms with Gasteiger partial charge in [-0.3, -0.25) is 9.48 Å². The van der Waals surface area contributed by atoms with Crippen molar-refractivity contribution in [3.63, 3.8) is 0 Å². The van der Waals surface area contributed by atoms with Crippen LogP contribution in [0.1, 0.15) is 27.4 Å². The van der Waals surface area contributed by atoms with E-state index in [9.17, 15) is 4.79 Å². The zero-order valence-electron chi connectivity index (χ0n) is 17.9. The molecule has 4 rings (SSSR count). The van der Waals surface area contributed by atoms with Gasteiger partial charge in [0, 0.05) is 6.20 Å². The van der Waals surface area contributed by atoms with Gasteiger partial charge in [-0.05, 0) is 47.9 Å². The summed E-state index contributed by atoms with van der Waals surface area (Å²) in [4.78, 5) is 12.6. The quantitative estimate of drug-likeness (QED) is 0.242. The highest BCUT2D eigenvalue weighted by Gasteiger charge is 2.16. The van der Waals surface area contributed by atoms with Crippen LogP contribution >= 0.6 is 34.8 Å². The molecule has 2 heterocycles. The number of carbonyl (C=O) groups excluding carboxylic acids is 1. The van der Waals surface area contributed by atoms with Gasteiger partial charge in [0.1, 0.15) is 23.1 Å². The molecule has 0 aliphatic carbocycles. The van der Waals surface area contributed by atoms with Crippen LogP contribution in [0.2, 0.25) is 15.1 Å². The van der Waals surface area contributed by atoms with E-state index in [1.165, 1.54) is 0 Å². The summed E-state index contributed by atoms with van der Waals surface area (Å²) in [6, 6.07) is 16.3. The van der Waals surface area contributed by atoms with Crippen LogP contribution in [0, 0.1) is 0 Å². The molecule has 34 heavy (non-hydrogen) atoms. The molecule has 1 N–H and O–H groups in total. The Hall–Kier alpha value is -3.19. The van der Waals surface area contributed by atoms with Crippen LogP contribution < -0.4 is 10.1 Å². The van der Waals surface area contributed by atoms with Crippen molar-refractivity contribution < 1.29 is 13.9 Å². The second-order valence-corrected chi connectivity index (χ2v) is 8.60. The van der Waals surface area contributed by atoms with Crippen molar-refractivity contribution in [1.82, 2.24) is 9.78 Å². The Kier molecular flexibility index (Phi) is 7.63. The number of benzene rings is 2. The maximum Gasteiger partial charge on any atom is 0.292 e. The van der Waals surface area contributed by atoms with Crippen LogP contribution in [0.25, 0.3) is 0 Å². The summed E-state index contributed by atoms with van der Waals surface area (Å²) in [5.74, 6) is 1.12. The number of hydrogen-bond acceptors (Lipinski definition) is 4. The van der Waals surface area contributed by atoms with Gasteiger partial charge in [0.2, 0.25) is 0 Å². The SMILES string of the molecule is C=CCc1ccccc1OCc1ccc(C(=O)Nc2nn(Cc3ccc(Cl)c(Cl)c3)cc2Cl)o1. The normalized spacial score (nSPS) is 10.8. The molecule has 0 bridgehead atoms. The van der Waals surface area contributed by atoms with Gasteiger partial charge in [0.05, 0.1) is 16.6 Å². The van der Waals surface area contributed by atoms with Gasteiger partial charge in [-0.25, -0.2) is 0 Å². The molecule has 0 saturated carbocycles. The Labute approximate surface area is 211 Å². The van der Waals surface area contributed by atoms with Crippen molar-refractivity contribution in [2.24, 2.45) is 0 Å². The average Bonchev–Trinajstić information content (AvgIpc) is 3.42. The van der Waals surface area contributed by atoms with Gasteiger partial charge in [-0.15, -0.1) is 6.58 Å². The fraction of sp³-hybridized carbons (Fsp3) is 0.120. The molecule has 0 aliphatic rings. The van der Waals surface area contributed by atoms with Gasteiger partial charge in [-0.2, -0.15) is 5.10 Å². The molecular weight excluding hydrogens is 497 g/mol. The molecule has 174 valence electrons. The number of allylic oxidation sites excluding steroid dienone is 1. The molecule has 0 aliphatic heterocycles. The van der Waals surface area contributed by atoms with Crippen molar-refractivity contribution in [2.45, 2.75) is 19.6 Å². The zero-order valence-corrected chi connectivity index (χ0v) is 20.2. The summed E-state index contributed by atoms with van der Waals surface area (Å²) < 4.78 is 13.1. The van der Waals surface area contributed by atoms with Gasteiger partial charge >= 0.3 is 0 Å². The number of para-hydroxylation sites is 1. The molecule has 2 aromatic heterocycles.